The fourth-order valence-electron chi connectivity index (χ4n) is 2.41. The fourth-order valence-corrected chi connectivity index (χ4v) is 2.41. The number of nitrogen functional groups attached to an aromatic ring is 1. The highest BCUT2D eigenvalue weighted by atomic mass is 16.5. The first kappa shape index (κ1) is 16.5. The standard InChI is InChI=1S/C17H27NO2/c1-4-6-7-8-9-14(17(19)20-5-2)15-12-13(3)10-11-16(15)18/h10-12,14H,4-9,18H2,1-3H3. The second kappa shape index (κ2) is 8.62. The Kier molecular flexibility index (Phi) is 7.13. The molecule has 1 unspecified atom stereocenters. The first-order valence-electron chi connectivity index (χ1n) is 7.62. The first-order valence-corrected chi connectivity index (χ1v) is 7.62. The molecule has 3 heteroatoms. The van der Waals surface area contributed by atoms with E-state index in [4.69, 9.17) is 10.5 Å². The minimum absolute atomic E-state index is 0.152. The number of carbonyl (C=O) groups excluding carboxylic acids is 1. The number of unbranched alkanes of at least 4 members (excludes halogenated alkanes) is 3. The Balaban J connectivity index is 2.85. The Morgan fingerprint density at radius 2 is 2.00 bits per heavy atom. The average Bonchev–Trinajstić information content (AvgIpc) is 2.42. The Morgan fingerprint density at radius 3 is 2.65 bits per heavy atom. The number of carbonyl (C=O) groups is 1. The second-order valence-corrected chi connectivity index (χ2v) is 5.29. The number of aryl methyl sites for hydroxylation is 1. The summed E-state index contributed by atoms with van der Waals surface area (Å²) in [7, 11) is 0. The van der Waals surface area contributed by atoms with Gasteiger partial charge in [-0.1, -0.05) is 50.3 Å². The molecule has 0 aromatic heterocycles. The Labute approximate surface area is 122 Å². The molecule has 2 N–H and O–H groups in total. The summed E-state index contributed by atoms with van der Waals surface area (Å²) in [6.45, 7) is 6.45. The summed E-state index contributed by atoms with van der Waals surface area (Å²) in [4.78, 5) is 12.2. The van der Waals surface area contributed by atoms with Gasteiger partial charge in [-0.15, -0.1) is 0 Å². The van der Waals surface area contributed by atoms with E-state index < -0.39 is 0 Å². The van der Waals surface area contributed by atoms with Crippen molar-refractivity contribution < 1.29 is 9.53 Å². The third-order valence-electron chi connectivity index (χ3n) is 3.54. The molecule has 0 aliphatic rings. The highest BCUT2D eigenvalue weighted by Crippen LogP contribution is 2.29. The van der Waals surface area contributed by atoms with Gasteiger partial charge in [-0.2, -0.15) is 0 Å². The summed E-state index contributed by atoms with van der Waals surface area (Å²) >= 11 is 0. The molecule has 0 heterocycles. The van der Waals surface area contributed by atoms with E-state index in [1.165, 1.54) is 12.8 Å². The number of benzene rings is 1. The molecule has 20 heavy (non-hydrogen) atoms. The van der Waals surface area contributed by atoms with Crippen molar-refractivity contribution in [2.24, 2.45) is 0 Å². The molecule has 1 atom stereocenters. The lowest BCUT2D eigenvalue weighted by atomic mass is 9.90. The van der Waals surface area contributed by atoms with Crippen molar-refractivity contribution >= 4 is 11.7 Å². The van der Waals surface area contributed by atoms with E-state index in [0.29, 0.717) is 12.3 Å². The number of esters is 1. The van der Waals surface area contributed by atoms with Gasteiger partial charge in [0.1, 0.15) is 0 Å². The molecule has 1 rings (SSSR count). The number of rotatable bonds is 8. The van der Waals surface area contributed by atoms with E-state index in [1.54, 1.807) is 0 Å². The normalized spacial score (nSPS) is 12.2. The van der Waals surface area contributed by atoms with Crippen LogP contribution in [0.2, 0.25) is 0 Å². The lowest BCUT2D eigenvalue weighted by Crippen LogP contribution is -2.17. The van der Waals surface area contributed by atoms with Crippen LogP contribution in [0, 0.1) is 6.92 Å². The van der Waals surface area contributed by atoms with Gasteiger partial charge in [-0.05, 0) is 31.9 Å². The lowest BCUT2D eigenvalue weighted by molar-refractivity contribution is -0.145. The van der Waals surface area contributed by atoms with Gasteiger partial charge in [0.15, 0.2) is 0 Å². The van der Waals surface area contributed by atoms with E-state index >= 15 is 0 Å². The third-order valence-corrected chi connectivity index (χ3v) is 3.54. The topological polar surface area (TPSA) is 52.3 Å². The molecule has 0 spiro atoms. The number of anilines is 1. The van der Waals surface area contributed by atoms with Gasteiger partial charge in [0.05, 0.1) is 12.5 Å². The Bertz CT molecular complexity index is 429. The van der Waals surface area contributed by atoms with Crippen molar-refractivity contribution in [1.82, 2.24) is 0 Å². The van der Waals surface area contributed by atoms with Crippen molar-refractivity contribution in [2.75, 3.05) is 12.3 Å². The van der Waals surface area contributed by atoms with E-state index in [1.807, 2.05) is 32.0 Å². The maximum Gasteiger partial charge on any atom is 0.313 e. The van der Waals surface area contributed by atoms with Crippen LogP contribution in [-0.2, 0) is 9.53 Å². The third kappa shape index (κ3) is 4.87. The summed E-state index contributed by atoms with van der Waals surface area (Å²) < 4.78 is 5.22. The highest BCUT2D eigenvalue weighted by molar-refractivity contribution is 5.80. The van der Waals surface area contributed by atoms with Crippen molar-refractivity contribution in [3.63, 3.8) is 0 Å². The molecule has 0 bridgehead atoms. The van der Waals surface area contributed by atoms with Gasteiger partial charge in [0.2, 0.25) is 0 Å². The molecular weight excluding hydrogens is 250 g/mol. The van der Waals surface area contributed by atoms with Crippen molar-refractivity contribution in [3.8, 4) is 0 Å². The van der Waals surface area contributed by atoms with Gasteiger partial charge in [0.25, 0.3) is 0 Å². The molecule has 0 saturated heterocycles. The van der Waals surface area contributed by atoms with Gasteiger partial charge in [-0.25, -0.2) is 0 Å². The number of ether oxygens (including phenoxy) is 1. The van der Waals surface area contributed by atoms with Crippen LogP contribution in [0.15, 0.2) is 18.2 Å². The monoisotopic (exact) mass is 277 g/mol. The zero-order chi connectivity index (χ0) is 15.0. The smallest absolute Gasteiger partial charge is 0.313 e. The molecule has 1 aromatic rings. The molecule has 3 nitrogen and oxygen atoms in total. The van der Waals surface area contributed by atoms with Crippen molar-refractivity contribution in [2.45, 2.75) is 58.8 Å². The van der Waals surface area contributed by atoms with Crippen LogP contribution in [-0.4, -0.2) is 12.6 Å². The Morgan fingerprint density at radius 1 is 1.25 bits per heavy atom. The minimum Gasteiger partial charge on any atom is -0.466 e. The van der Waals surface area contributed by atoms with Gasteiger partial charge < -0.3 is 10.5 Å². The second-order valence-electron chi connectivity index (χ2n) is 5.29. The van der Waals surface area contributed by atoms with Crippen LogP contribution in [0.1, 0.15) is 63.0 Å². The number of hydrogen-bond acceptors (Lipinski definition) is 3. The maximum absolute atomic E-state index is 12.2. The van der Waals surface area contributed by atoms with E-state index in [-0.39, 0.29) is 11.9 Å². The molecule has 1 aromatic carbocycles. The minimum atomic E-state index is -0.230. The molecule has 0 saturated carbocycles. The van der Waals surface area contributed by atoms with Crippen LogP contribution >= 0.6 is 0 Å². The molecule has 112 valence electrons. The fraction of sp³-hybridized carbons (Fsp3) is 0.588. The van der Waals surface area contributed by atoms with E-state index in [9.17, 15) is 4.79 Å². The van der Waals surface area contributed by atoms with E-state index in [2.05, 4.69) is 6.92 Å². The maximum atomic E-state index is 12.2. The van der Waals surface area contributed by atoms with E-state index in [0.717, 1.165) is 30.4 Å². The van der Waals surface area contributed by atoms with Crippen molar-refractivity contribution in [1.29, 1.82) is 0 Å². The van der Waals surface area contributed by atoms with Crippen LogP contribution in [0.25, 0.3) is 0 Å². The molecule has 0 amide bonds. The van der Waals surface area contributed by atoms with Crippen LogP contribution in [0.3, 0.4) is 0 Å². The largest absolute Gasteiger partial charge is 0.466 e. The number of nitrogens with two attached hydrogens (primary N) is 1. The predicted molar refractivity (Wildman–Crippen MR) is 83.7 cm³/mol. The molecule has 0 fully saturated rings. The quantitative estimate of drug-likeness (QED) is 0.440. The summed E-state index contributed by atoms with van der Waals surface area (Å²) in [5.74, 6) is -0.381. The number of hydrogen-bond donors (Lipinski definition) is 1. The molecule has 0 radical (unpaired) electrons. The molecule has 0 aliphatic heterocycles. The average molecular weight is 277 g/mol. The van der Waals surface area contributed by atoms with Crippen LogP contribution in [0.5, 0.6) is 0 Å². The van der Waals surface area contributed by atoms with Crippen LogP contribution < -0.4 is 5.73 Å². The zero-order valence-electron chi connectivity index (χ0n) is 12.9. The SMILES string of the molecule is CCCCCCC(C(=O)OCC)c1cc(C)ccc1N. The van der Waals surface area contributed by atoms with Gasteiger partial charge >= 0.3 is 5.97 Å². The lowest BCUT2D eigenvalue weighted by Gasteiger charge is -2.18. The molecular formula is C17H27NO2. The van der Waals surface area contributed by atoms with Crippen LogP contribution in [0.4, 0.5) is 5.69 Å². The Hall–Kier alpha value is -1.51. The summed E-state index contributed by atoms with van der Waals surface area (Å²) in [6.07, 6.45) is 5.39. The first-order chi connectivity index (χ1) is 9.60. The van der Waals surface area contributed by atoms with Crippen molar-refractivity contribution in [3.05, 3.63) is 29.3 Å². The highest BCUT2D eigenvalue weighted by Gasteiger charge is 2.23. The zero-order valence-corrected chi connectivity index (χ0v) is 12.9. The molecule has 0 aliphatic carbocycles. The summed E-state index contributed by atoms with van der Waals surface area (Å²) in [5, 5.41) is 0. The summed E-state index contributed by atoms with van der Waals surface area (Å²) in [5.41, 5.74) is 8.77. The van der Waals surface area contributed by atoms with Gasteiger partial charge in [-0.3, -0.25) is 4.79 Å². The predicted octanol–water partition coefficient (Wildman–Crippen LogP) is 4.19. The summed E-state index contributed by atoms with van der Waals surface area (Å²) in [6, 6.07) is 5.86. The van der Waals surface area contributed by atoms with Gasteiger partial charge in [0, 0.05) is 5.69 Å².